The first-order chi connectivity index (χ1) is 14.1. The molecule has 0 saturated carbocycles. The molecule has 0 atom stereocenters. The van der Waals surface area contributed by atoms with Crippen LogP contribution < -0.4 is 15.2 Å². The first-order valence-corrected chi connectivity index (χ1v) is 9.87. The highest BCUT2D eigenvalue weighted by Crippen LogP contribution is 2.22. The lowest BCUT2D eigenvalue weighted by Gasteiger charge is -2.34. The molecule has 1 aliphatic heterocycles. The molecule has 1 N–H and O–H groups in total. The van der Waals surface area contributed by atoms with E-state index in [1.165, 1.54) is 4.68 Å². The van der Waals surface area contributed by atoms with E-state index in [1.807, 2.05) is 31.2 Å². The molecule has 0 spiro atoms. The summed E-state index contributed by atoms with van der Waals surface area (Å²) in [6.07, 6.45) is 1.80. The molecule has 0 radical (unpaired) electrons. The fourth-order valence-corrected chi connectivity index (χ4v) is 3.59. The molecular formula is C21H26N6O2. The van der Waals surface area contributed by atoms with Crippen LogP contribution in [0.4, 0.5) is 5.95 Å². The molecule has 0 amide bonds. The smallest absolute Gasteiger partial charge is 0.271 e. The van der Waals surface area contributed by atoms with Crippen molar-refractivity contribution in [3.63, 3.8) is 0 Å². The minimum absolute atomic E-state index is 0.135. The summed E-state index contributed by atoms with van der Waals surface area (Å²) in [6.45, 7) is 9.12. The second kappa shape index (κ2) is 8.08. The van der Waals surface area contributed by atoms with Gasteiger partial charge in [-0.25, -0.2) is 14.6 Å². The molecule has 0 unspecified atom stereocenters. The normalized spacial score (nSPS) is 14.9. The zero-order valence-corrected chi connectivity index (χ0v) is 17.1. The van der Waals surface area contributed by atoms with Gasteiger partial charge in [-0.05, 0) is 37.7 Å². The number of H-pyrrole nitrogens is 1. The van der Waals surface area contributed by atoms with Crippen molar-refractivity contribution in [3.8, 4) is 22.7 Å². The van der Waals surface area contributed by atoms with Crippen molar-refractivity contribution in [2.24, 2.45) is 0 Å². The van der Waals surface area contributed by atoms with Gasteiger partial charge in [0.05, 0.1) is 24.2 Å². The molecule has 8 heteroatoms. The Morgan fingerprint density at radius 2 is 1.86 bits per heavy atom. The highest BCUT2D eigenvalue weighted by Gasteiger charge is 2.19. The topological polar surface area (TPSA) is 79.3 Å². The van der Waals surface area contributed by atoms with Crippen LogP contribution in [0.25, 0.3) is 16.9 Å². The maximum atomic E-state index is 12.5. The quantitative estimate of drug-likeness (QED) is 0.714. The Morgan fingerprint density at radius 3 is 2.48 bits per heavy atom. The first-order valence-electron chi connectivity index (χ1n) is 9.87. The Hall–Kier alpha value is -3.13. The van der Waals surface area contributed by atoms with E-state index in [-0.39, 0.29) is 5.56 Å². The Balaban J connectivity index is 1.58. The number of aromatic nitrogens is 4. The van der Waals surface area contributed by atoms with Gasteiger partial charge in [-0.2, -0.15) is 0 Å². The van der Waals surface area contributed by atoms with Crippen LogP contribution in [0.5, 0.6) is 5.75 Å². The van der Waals surface area contributed by atoms with Gasteiger partial charge in [-0.15, -0.1) is 0 Å². The van der Waals surface area contributed by atoms with Gasteiger partial charge >= 0.3 is 0 Å². The van der Waals surface area contributed by atoms with Crippen LogP contribution in [0.2, 0.25) is 0 Å². The van der Waals surface area contributed by atoms with Crippen LogP contribution in [-0.4, -0.2) is 64.5 Å². The molecule has 0 aliphatic carbocycles. The number of piperazine rings is 1. The Bertz CT molecular complexity index is 1030. The predicted octanol–water partition coefficient (Wildman–Crippen LogP) is 2.08. The van der Waals surface area contributed by atoms with Crippen LogP contribution >= 0.6 is 0 Å². The molecular weight excluding hydrogens is 368 g/mol. The van der Waals surface area contributed by atoms with E-state index in [0.717, 1.165) is 61.4 Å². The average molecular weight is 394 g/mol. The Morgan fingerprint density at radius 1 is 1.14 bits per heavy atom. The molecule has 1 aliphatic rings. The summed E-state index contributed by atoms with van der Waals surface area (Å²) in [5.41, 5.74) is 2.97. The van der Waals surface area contributed by atoms with E-state index in [1.54, 1.807) is 19.4 Å². The van der Waals surface area contributed by atoms with Crippen LogP contribution in [-0.2, 0) is 0 Å². The first kappa shape index (κ1) is 19.2. The fraction of sp³-hybridized carbons (Fsp3) is 0.381. The van der Waals surface area contributed by atoms with Gasteiger partial charge in [-0.1, -0.05) is 6.92 Å². The third-order valence-electron chi connectivity index (χ3n) is 5.41. The maximum absolute atomic E-state index is 12.5. The summed E-state index contributed by atoms with van der Waals surface area (Å²) in [5, 5.41) is 3.17. The summed E-state index contributed by atoms with van der Waals surface area (Å²) in [5.74, 6) is 1.49. The number of aromatic amines is 1. The van der Waals surface area contributed by atoms with Crippen LogP contribution in [0, 0.1) is 6.92 Å². The average Bonchev–Trinajstić information content (AvgIpc) is 3.15. The molecule has 4 rings (SSSR count). The third kappa shape index (κ3) is 3.88. The number of hydrogen-bond donors (Lipinski definition) is 1. The van der Waals surface area contributed by atoms with E-state index >= 15 is 0 Å². The molecule has 2 aromatic heterocycles. The second-order valence-electron chi connectivity index (χ2n) is 7.13. The lowest BCUT2D eigenvalue weighted by atomic mass is 10.2. The van der Waals surface area contributed by atoms with Crippen molar-refractivity contribution in [1.29, 1.82) is 0 Å². The molecule has 1 saturated heterocycles. The largest absolute Gasteiger partial charge is 0.497 e. The maximum Gasteiger partial charge on any atom is 0.271 e. The number of rotatable bonds is 5. The number of aryl methyl sites for hydroxylation is 1. The van der Waals surface area contributed by atoms with Gasteiger partial charge in [0.2, 0.25) is 5.95 Å². The Kier molecular flexibility index (Phi) is 5.35. The molecule has 8 nitrogen and oxygen atoms in total. The number of methoxy groups -OCH3 is 1. The van der Waals surface area contributed by atoms with Crippen LogP contribution in [0.3, 0.4) is 0 Å². The minimum atomic E-state index is -0.135. The van der Waals surface area contributed by atoms with Gasteiger partial charge in [0, 0.05) is 44.0 Å². The molecule has 1 fully saturated rings. The number of anilines is 1. The Labute approximate surface area is 169 Å². The van der Waals surface area contributed by atoms with Gasteiger partial charge in [0.1, 0.15) is 5.75 Å². The van der Waals surface area contributed by atoms with Crippen molar-refractivity contribution in [1.82, 2.24) is 24.6 Å². The van der Waals surface area contributed by atoms with E-state index in [4.69, 9.17) is 9.72 Å². The van der Waals surface area contributed by atoms with Gasteiger partial charge in [0.25, 0.3) is 5.56 Å². The summed E-state index contributed by atoms with van der Waals surface area (Å²) in [6, 6.07) is 8.90. The minimum Gasteiger partial charge on any atom is -0.497 e. The van der Waals surface area contributed by atoms with Crippen molar-refractivity contribution < 1.29 is 4.74 Å². The summed E-state index contributed by atoms with van der Waals surface area (Å²) in [4.78, 5) is 26.4. The second-order valence-corrected chi connectivity index (χ2v) is 7.13. The summed E-state index contributed by atoms with van der Waals surface area (Å²) < 4.78 is 6.68. The molecule has 152 valence electrons. The zero-order valence-electron chi connectivity index (χ0n) is 17.1. The number of hydrogen-bond acceptors (Lipinski definition) is 6. The van der Waals surface area contributed by atoms with E-state index in [2.05, 4.69) is 26.8 Å². The van der Waals surface area contributed by atoms with E-state index in [0.29, 0.717) is 5.69 Å². The zero-order chi connectivity index (χ0) is 20.4. The standard InChI is InChI=1S/C21H26N6O2/c1-4-25-9-11-26(12-10-25)21-22-14-18(15(2)23-21)19-13-20(28)27(24-19)16-5-7-17(29-3)8-6-16/h5-8,13-14,24H,4,9-12H2,1-3H3. The van der Waals surface area contributed by atoms with Gasteiger partial charge in [-0.3, -0.25) is 9.89 Å². The van der Waals surface area contributed by atoms with Crippen molar-refractivity contribution >= 4 is 5.95 Å². The SMILES string of the molecule is CCN1CCN(c2ncc(-c3cc(=O)n(-c4ccc(OC)cc4)[nH]3)c(C)n2)CC1. The number of nitrogens with one attached hydrogen (secondary N) is 1. The van der Waals surface area contributed by atoms with Crippen LogP contribution in [0.15, 0.2) is 41.3 Å². The highest BCUT2D eigenvalue weighted by atomic mass is 16.5. The number of ether oxygens (including phenoxy) is 1. The molecule has 29 heavy (non-hydrogen) atoms. The van der Waals surface area contributed by atoms with Gasteiger partial charge in [0.15, 0.2) is 0 Å². The molecule has 3 heterocycles. The van der Waals surface area contributed by atoms with E-state index in [9.17, 15) is 4.79 Å². The van der Waals surface area contributed by atoms with Gasteiger partial charge < -0.3 is 14.5 Å². The fourth-order valence-electron chi connectivity index (χ4n) is 3.59. The summed E-state index contributed by atoms with van der Waals surface area (Å²) >= 11 is 0. The van der Waals surface area contributed by atoms with Crippen molar-refractivity contribution in [2.75, 3.05) is 44.7 Å². The lowest BCUT2D eigenvalue weighted by molar-refractivity contribution is 0.270. The molecule has 3 aromatic rings. The predicted molar refractivity (Wildman–Crippen MR) is 113 cm³/mol. The summed E-state index contributed by atoms with van der Waals surface area (Å²) in [7, 11) is 1.62. The van der Waals surface area contributed by atoms with Crippen molar-refractivity contribution in [2.45, 2.75) is 13.8 Å². The van der Waals surface area contributed by atoms with Crippen LogP contribution in [0.1, 0.15) is 12.6 Å². The molecule has 1 aromatic carbocycles. The van der Waals surface area contributed by atoms with E-state index < -0.39 is 0 Å². The third-order valence-corrected chi connectivity index (χ3v) is 5.41. The number of nitrogens with zero attached hydrogens (tertiary/aromatic N) is 5. The highest BCUT2D eigenvalue weighted by molar-refractivity contribution is 5.61. The molecule has 0 bridgehead atoms. The lowest BCUT2D eigenvalue weighted by Crippen LogP contribution is -2.46. The number of likely N-dealkylation sites (N-methyl/N-ethyl adjacent to an activating group) is 1. The number of benzene rings is 1. The monoisotopic (exact) mass is 394 g/mol. The van der Waals surface area contributed by atoms with Crippen molar-refractivity contribution in [3.05, 3.63) is 52.6 Å².